The minimum atomic E-state index is -4.85. The Balaban J connectivity index is 1.56. The van der Waals surface area contributed by atoms with Gasteiger partial charge in [0.15, 0.2) is 5.03 Å². The van der Waals surface area contributed by atoms with Gasteiger partial charge < -0.3 is 5.32 Å². The summed E-state index contributed by atoms with van der Waals surface area (Å²) >= 11 is 0. The summed E-state index contributed by atoms with van der Waals surface area (Å²) in [6.07, 6.45) is 0.952. The number of hydrogen-bond donors (Lipinski definition) is 2. The Labute approximate surface area is 159 Å². The van der Waals surface area contributed by atoms with Crippen molar-refractivity contribution in [2.45, 2.75) is 49.9 Å². The number of urea groups is 1. The van der Waals surface area contributed by atoms with Crippen LogP contribution in [0.25, 0.3) is 0 Å². The van der Waals surface area contributed by atoms with Crippen LogP contribution >= 0.6 is 0 Å². The molecule has 0 unspecified atom stereocenters. The van der Waals surface area contributed by atoms with Gasteiger partial charge >= 0.3 is 12.3 Å². The summed E-state index contributed by atoms with van der Waals surface area (Å²) in [5, 5.41) is 4.72. The van der Waals surface area contributed by atoms with Crippen molar-refractivity contribution >= 4 is 21.7 Å². The first-order valence-corrected chi connectivity index (χ1v) is 10.3. The molecular weight excluding hydrogens is 397 g/mol. The van der Waals surface area contributed by atoms with Crippen LogP contribution in [0.1, 0.15) is 35.1 Å². The molecule has 2 N–H and O–H groups in total. The number of alkyl halides is 3. The van der Waals surface area contributed by atoms with E-state index < -0.39 is 32.1 Å². The van der Waals surface area contributed by atoms with Gasteiger partial charge in [-0.05, 0) is 66.8 Å². The van der Waals surface area contributed by atoms with Gasteiger partial charge in [0.25, 0.3) is 10.0 Å². The number of aryl methyl sites for hydroxylation is 2. The fourth-order valence-electron chi connectivity index (χ4n) is 3.87. The number of amides is 2. The predicted molar refractivity (Wildman–Crippen MR) is 93.4 cm³/mol. The van der Waals surface area contributed by atoms with Crippen LogP contribution in [0, 0.1) is 0 Å². The highest BCUT2D eigenvalue weighted by atomic mass is 32.2. The molecule has 2 aromatic rings. The van der Waals surface area contributed by atoms with Crippen LogP contribution in [-0.4, -0.2) is 24.2 Å². The van der Waals surface area contributed by atoms with Crippen molar-refractivity contribution < 1.29 is 26.4 Å². The number of fused-ring (bicyclic) bond motifs is 2. The lowest BCUT2D eigenvalue weighted by molar-refractivity contribution is -0.212. The molecule has 1 heterocycles. The lowest BCUT2D eigenvalue weighted by Gasteiger charge is -2.16. The van der Waals surface area contributed by atoms with Gasteiger partial charge in [-0.3, -0.25) is 0 Å². The average Bonchev–Trinajstić information content (AvgIpc) is 3.33. The zero-order valence-electron chi connectivity index (χ0n) is 14.6. The van der Waals surface area contributed by atoms with E-state index in [0.717, 1.165) is 60.8 Å². The number of anilines is 1. The Morgan fingerprint density at radius 2 is 1.68 bits per heavy atom. The number of aromatic nitrogens is 2. The van der Waals surface area contributed by atoms with E-state index in [9.17, 15) is 26.4 Å². The summed E-state index contributed by atoms with van der Waals surface area (Å²) in [7, 11) is -4.54. The Hall–Kier alpha value is -2.56. The summed E-state index contributed by atoms with van der Waals surface area (Å²) in [6, 6.07) is 1.82. The minimum Gasteiger partial charge on any atom is -0.307 e. The van der Waals surface area contributed by atoms with E-state index in [2.05, 4.69) is 16.5 Å². The van der Waals surface area contributed by atoms with E-state index in [0.29, 0.717) is 18.0 Å². The fraction of sp³-hybridized carbons (Fsp3) is 0.412. The van der Waals surface area contributed by atoms with Crippen LogP contribution in [0.3, 0.4) is 0 Å². The lowest BCUT2D eigenvalue weighted by Crippen LogP contribution is -2.35. The van der Waals surface area contributed by atoms with Gasteiger partial charge in [0.05, 0.1) is 0 Å². The van der Waals surface area contributed by atoms with Gasteiger partial charge in [-0.15, -0.1) is 13.2 Å². The first-order valence-electron chi connectivity index (χ1n) is 8.78. The second-order valence-electron chi connectivity index (χ2n) is 6.86. The molecule has 0 fully saturated rings. The smallest absolute Gasteiger partial charge is 0.307 e. The first kappa shape index (κ1) is 18.8. The fourth-order valence-corrected chi connectivity index (χ4v) is 4.71. The number of benzene rings is 1. The van der Waals surface area contributed by atoms with E-state index in [1.54, 1.807) is 4.72 Å². The average molecular weight is 414 g/mol. The maximum absolute atomic E-state index is 12.6. The highest BCUT2D eigenvalue weighted by Gasteiger charge is 2.34. The number of hydrogen-bond acceptors (Lipinski definition) is 4. The highest BCUT2D eigenvalue weighted by molar-refractivity contribution is 7.90. The van der Waals surface area contributed by atoms with Crippen LogP contribution in [-0.2, 0) is 42.0 Å². The molecule has 0 radical (unpaired) electrons. The Morgan fingerprint density at radius 3 is 2.21 bits per heavy atom. The zero-order chi connectivity index (χ0) is 20.1. The third kappa shape index (κ3) is 3.34. The Bertz CT molecular complexity index is 1030. The molecule has 1 aromatic heterocycles. The highest BCUT2D eigenvalue weighted by Crippen LogP contribution is 2.38. The first-order chi connectivity index (χ1) is 13.1. The number of nitrogens with one attached hydrogen (secondary N) is 2. The number of carbonyl (C=O) groups is 1. The van der Waals surface area contributed by atoms with E-state index in [4.69, 9.17) is 0 Å². The molecule has 7 nitrogen and oxygen atoms in total. The molecular formula is C17H17F3N4O3S. The molecule has 2 aliphatic rings. The van der Waals surface area contributed by atoms with Gasteiger partial charge in [0.2, 0.25) is 0 Å². The molecule has 150 valence electrons. The maximum atomic E-state index is 12.6. The normalized spacial score (nSPS) is 16.0. The van der Waals surface area contributed by atoms with Crippen molar-refractivity contribution in [1.29, 1.82) is 0 Å². The van der Waals surface area contributed by atoms with Gasteiger partial charge in [-0.25, -0.2) is 9.52 Å². The monoisotopic (exact) mass is 414 g/mol. The molecule has 2 amide bonds. The third-order valence-corrected chi connectivity index (χ3v) is 6.26. The molecule has 0 saturated heterocycles. The number of nitrogens with zero attached hydrogens (tertiary/aromatic N) is 2. The van der Waals surface area contributed by atoms with Crippen LogP contribution in [0.2, 0.25) is 0 Å². The summed E-state index contributed by atoms with van der Waals surface area (Å²) in [5.41, 5.74) is 4.96. The molecule has 0 aliphatic heterocycles. The van der Waals surface area contributed by atoms with Crippen LogP contribution in [0.5, 0.6) is 0 Å². The summed E-state index contributed by atoms with van der Waals surface area (Å²) < 4.78 is 63.6. The van der Waals surface area contributed by atoms with Crippen LogP contribution < -0.4 is 10.0 Å². The van der Waals surface area contributed by atoms with Crippen molar-refractivity contribution in [2.75, 3.05) is 5.32 Å². The molecule has 1 aromatic carbocycles. The zero-order valence-corrected chi connectivity index (χ0v) is 15.5. The van der Waals surface area contributed by atoms with Crippen molar-refractivity contribution in [3.8, 4) is 0 Å². The van der Waals surface area contributed by atoms with Crippen molar-refractivity contribution in [2.24, 2.45) is 0 Å². The Kier molecular flexibility index (Phi) is 4.36. The number of rotatable bonds is 3. The molecule has 0 saturated carbocycles. The van der Waals surface area contributed by atoms with E-state index in [-0.39, 0.29) is 0 Å². The van der Waals surface area contributed by atoms with Gasteiger partial charge in [0, 0.05) is 11.9 Å². The predicted octanol–water partition coefficient (Wildman–Crippen LogP) is 2.85. The molecule has 0 atom stereocenters. The second kappa shape index (κ2) is 6.50. The third-order valence-electron chi connectivity index (χ3n) is 5.04. The van der Waals surface area contributed by atoms with E-state index >= 15 is 0 Å². The molecule has 11 heteroatoms. The molecule has 28 heavy (non-hydrogen) atoms. The minimum absolute atomic E-state index is 0.434. The molecule has 2 aliphatic carbocycles. The standard InChI is InChI=1S/C17H17F3N4O3S/c18-17(19,20)24-8-7-14(22-24)28(26,27)23-16(25)21-15-12-5-1-3-10(12)9-11-4-2-6-13(11)15/h7-9H,1-6H2,(H2,21,23,25). The number of carbonyl (C=O) groups excluding carboxylic acids is 1. The molecule has 0 bridgehead atoms. The second-order valence-corrected chi connectivity index (χ2v) is 8.49. The van der Waals surface area contributed by atoms with Crippen LogP contribution in [0.15, 0.2) is 23.4 Å². The summed E-state index contributed by atoms with van der Waals surface area (Å²) in [5.74, 6) is 0. The largest absolute Gasteiger partial charge is 0.504 e. The number of sulfonamides is 1. The molecule has 4 rings (SSSR count). The van der Waals surface area contributed by atoms with Crippen molar-refractivity contribution in [3.63, 3.8) is 0 Å². The lowest BCUT2D eigenvalue weighted by atomic mass is 9.99. The summed E-state index contributed by atoms with van der Waals surface area (Å²) in [4.78, 5) is 12.3. The SMILES string of the molecule is O=C(Nc1c2c(cc3c1CCC3)CCC2)NS(=O)(=O)c1ccn(C(F)(F)F)n1. The van der Waals surface area contributed by atoms with Crippen molar-refractivity contribution in [3.05, 3.63) is 40.6 Å². The molecule has 0 spiro atoms. The maximum Gasteiger partial charge on any atom is 0.504 e. The van der Waals surface area contributed by atoms with Gasteiger partial charge in [-0.2, -0.15) is 18.2 Å². The van der Waals surface area contributed by atoms with Crippen molar-refractivity contribution in [1.82, 2.24) is 14.5 Å². The Morgan fingerprint density at radius 1 is 1.07 bits per heavy atom. The quantitative estimate of drug-likeness (QED) is 0.808. The van der Waals surface area contributed by atoms with E-state index in [1.807, 2.05) is 0 Å². The summed E-state index contributed by atoms with van der Waals surface area (Å²) in [6.45, 7) is 0. The van der Waals surface area contributed by atoms with Gasteiger partial charge in [-0.1, -0.05) is 6.07 Å². The van der Waals surface area contributed by atoms with Crippen LogP contribution in [0.4, 0.5) is 23.7 Å². The topological polar surface area (TPSA) is 93.1 Å². The number of halogens is 3. The van der Waals surface area contributed by atoms with Gasteiger partial charge in [0.1, 0.15) is 0 Å². The van der Waals surface area contributed by atoms with E-state index in [1.165, 1.54) is 0 Å².